The van der Waals surface area contributed by atoms with E-state index in [9.17, 15) is 19.1 Å². The maximum atomic E-state index is 13.4. The first kappa shape index (κ1) is 15.1. The topological polar surface area (TPSA) is 75.6 Å². The van der Waals surface area contributed by atoms with Crippen LogP contribution in [0.25, 0.3) is 0 Å². The third-order valence-electron chi connectivity index (χ3n) is 2.64. The summed E-state index contributed by atoms with van der Waals surface area (Å²) in [5.74, 6) is -1.27. The molecule has 1 amide bonds. The summed E-state index contributed by atoms with van der Waals surface area (Å²) in [5, 5.41) is 12.2. The van der Waals surface area contributed by atoms with Crippen LogP contribution < -0.4 is 5.32 Å². The number of aliphatic hydroxyl groups excluding tert-OH is 1. The van der Waals surface area contributed by atoms with E-state index in [1.54, 1.807) is 13.8 Å². The lowest BCUT2D eigenvalue weighted by Gasteiger charge is -2.21. The molecule has 0 spiro atoms. The Kier molecular flexibility index (Phi) is 5.44. The van der Waals surface area contributed by atoms with Crippen molar-refractivity contribution in [3.05, 3.63) is 35.1 Å². The fourth-order valence-corrected chi connectivity index (χ4v) is 1.58. The largest absolute Gasteiger partial charge is 0.464 e. The average molecular weight is 269 g/mol. The number of carbonyl (C=O) groups is 2. The molecule has 0 saturated carbocycles. The number of rotatable bonds is 6. The normalized spacial score (nSPS) is 13.5. The molecule has 19 heavy (non-hydrogen) atoms. The number of hydrogen-bond donors (Lipinski definition) is 2. The van der Waals surface area contributed by atoms with Gasteiger partial charge in [-0.2, -0.15) is 0 Å². The van der Waals surface area contributed by atoms with Crippen molar-refractivity contribution in [2.24, 2.45) is 0 Å². The van der Waals surface area contributed by atoms with Gasteiger partial charge in [-0.15, -0.1) is 0 Å². The van der Waals surface area contributed by atoms with E-state index in [4.69, 9.17) is 4.74 Å². The molecule has 5 nitrogen and oxygen atoms in total. The summed E-state index contributed by atoms with van der Waals surface area (Å²) < 4.78 is 18.2. The summed E-state index contributed by atoms with van der Waals surface area (Å²) in [4.78, 5) is 22.1. The molecule has 1 aromatic carbocycles. The molecule has 0 aliphatic carbocycles. The Bertz CT molecular complexity index is 464. The number of aryl methyl sites for hydroxylation is 1. The fraction of sp³-hybridized carbons (Fsp3) is 0.385. The van der Waals surface area contributed by atoms with Gasteiger partial charge < -0.3 is 15.2 Å². The number of amides is 1. The molecule has 0 fully saturated rings. The zero-order chi connectivity index (χ0) is 14.4. The van der Waals surface area contributed by atoms with Gasteiger partial charge in [0, 0.05) is 0 Å². The van der Waals surface area contributed by atoms with Crippen LogP contribution in [0.1, 0.15) is 24.2 Å². The minimum absolute atomic E-state index is 0.116. The van der Waals surface area contributed by atoms with Crippen LogP contribution in [0, 0.1) is 12.7 Å². The Balaban J connectivity index is 2.97. The zero-order valence-corrected chi connectivity index (χ0v) is 10.7. The minimum atomic E-state index is -1.38. The quantitative estimate of drug-likeness (QED) is 0.593. The Hall–Kier alpha value is -1.95. The third-order valence-corrected chi connectivity index (χ3v) is 2.64. The molecule has 2 atom stereocenters. The van der Waals surface area contributed by atoms with Crippen LogP contribution in [0.2, 0.25) is 0 Å². The van der Waals surface area contributed by atoms with Gasteiger partial charge in [-0.1, -0.05) is 12.1 Å². The molecule has 0 aliphatic rings. The maximum absolute atomic E-state index is 13.4. The predicted molar refractivity (Wildman–Crippen MR) is 65.7 cm³/mol. The van der Waals surface area contributed by atoms with Crippen molar-refractivity contribution in [2.45, 2.75) is 26.0 Å². The smallest absolute Gasteiger partial charge is 0.331 e. The molecular formula is C13H16FNO4. The number of halogens is 1. The number of nitrogens with one attached hydrogen (secondary N) is 1. The Morgan fingerprint density at radius 1 is 1.58 bits per heavy atom. The van der Waals surface area contributed by atoms with E-state index in [1.165, 1.54) is 12.1 Å². The van der Waals surface area contributed by atoms with Gasteiger partial charge >= 0.3 is 5.97 Å². The van der Waals surface area contributed by atoms with E-state index in [1.807, 2.05) is 0 Å². The highest BCUT2D eigenvalue weighted by Crippen LogP contribution is 2.20. The second-order valence-corrected chi connectivity index (χ2v) is 3.97. The fourth-order valence-electron chi connectivity index (χ4n) is 1.58. The number of ether oxygens (including phenoxy) is 1. The predicted octanol–water partition coefficient (Wildman–Crippen LogP) is 0.845. The number of carbonyl (C=O) groups excluding carboxylic acids is 2. The maximum Gasteiger partial charge on any atom is 0.331 e. The first-order valence-corrected chi connectivity index (χ1v) is 5.81. The second-order valence-electron chi connectivity index (χ2n) is 3.97. The Labute approximate surface area is 110 Å². The van der Waals surface area contributed by atoms with E-state index in [0.29, 0.717) is 5.56 Å². The van der Waals surface area contributed by atoms with Gasteiger partial charge in [-0.3, -0.25) is 4.79 Å². The molecule has 1 aromatic rings. The van der Waals surface area contributed by atoms with Gasteiger partial charge in [0.25, 0.3) is 0 Å². The van der Waals surface area contributed by atoms with Crippen LogP contribution in [0.3, 0.4) is 0 Å². The van der Waals surface area contributed by atoms with Crippen LogP contribution >= 0.6 is 0 Å². The minimum Gasteiger partial charge on any atom is -0.464 e. The van der Waals surface area contributed by atoms with E-state index in [-0.39, 0.29) is 18.6 Å². The Morgan fingerprint density at radius 3 is 2.79 bits per heavy atom. The SMILES string of the molecule is CCOC(=O)C(NC=O)C(O)c1ccc(C)c(F)c1. The Morgan fingerprint density at radius 2 is 2.26 bits per heavy atom. The molecule has 0 aromatic heterocycles. The van der Waals surface area contributed by atoms with E-state index in [0.717, 1.165) is 6.07 Å². The number of aliphatic hydroxyl groups is 1. The molecule has 0 bridgehead atoms. The molecule has 6 heteroatoms. The first-order chi connectivity index (χ1) is 9.01. The third kappa shape index (κ3) is 3.75. The van der Waals surface area contributed by atoms with Crippen molar-refractivity contribution < 1.29 is 23.8 Å². The van der Waals surface area contributed by atoms with Crippen molar-refractivity contribution in [2.75, 3.05) is 6.61 Å². The van der Waals surface area contributed by atoms with Crippen LogP contribution in [0.4, 0.5) is 4.39 Å². The van der Waals surface area contributed by atoms with Gasteiger partial charge in [0.1, 0.15) is 11.9 Å². The molecule has 1 rings (SSSR count). The van der Waals surface area contributed by atoms with Crippen molar-refractivity contribution in [1.82, 2.24) is 5.32 Å². The summed E-state index contributed by atoms with van der Waals surface area (Å²) in [6.45, 7) is 3.30. The van der Waals surface area contributed by atoms with Gasteiger partial charge in [-0.25, -0.2) is 9.18 Å². The highest BCUT2D eigenvalue weighted by atomic mass is 19.1. The van der Waals surface area contributed by atoms with Crippen LogP contribution in [-0.2, 0) is 14.3 Å². The van der Waals surface area contributed by atoms with Crippen molar-refractivity contribution in [3.63, 3.8) is 0 Å². The lowest BCUT2D eigenvalue weighted by atomic mass is 10.0. The van der Waals surface area contributed by atoms with Crippen LogP contribution in [-0.4, -0.2) is 30.1 Å². The summed E-state index contributed by atoms with van der Waals surface area (Å²) in [5.41, 5.74) is 0.613. The van der Waals surface area contributed by atoms with Crippen molar-refractivity contribution in [3.8, 4) is 0 Å². The van der Waals surface area contributed by atoms with Crippen molar-refractivity contribution >= 4 is 12.4 Å². The first-order valence-electron chi connectivity index (χ1n) is 5.81. The molecule has 0 heterocycles. The monoisotopic (exact) mass is 269 g/mol. The summed E-state index contributed by atoms with van der Waals surface area (Å²) in [6.07, 6.45) is -1.09. The average Bonchev–Trinajstić information content (AvgIpc) is 2.38. The molecule has 104 valence electrons. The van der Waals surface area contributed by atoms with Crippen LogP contribution in [0.5, 0.6) is 0 Å². The summed E-state index contributed by atoms with van der Waals surface area (Å²) >= 11 is 0. The van der Waals surface area contributed by atoms with E-state index >= 15 is 0 Å². The highest BCUT2D eigenvalue weighted by molar-refractivity contribution is 5.79. The van der Waals surface area contributed by atoms with E-state index in [2.05, 4.69) is 5.32 Å². The second kappa shape index (κ2) is 6.84. The number of benzene rings is 1. The van der Waals surface area contributed by atoms with Gasteiger partial charge in [0.05, 0.1) is 6.61 Å². The number of esters is 1. The van der Waals surface area contributed by atoms with Gasteiger partial charge in [-0.05, 0) is 31.0 Å². The van der Waals surface area contributed by atoms with Gasteiger partial charge in [0.2, 0.25) is 6.41 Å². The molecule has 0 aliphatic heterocycles. The standard InChI is InChI=1S/C13H16FNO4/c1-3-19-13(18)11(15-7-16)12(17)9-5-4-8(2)10(14)6-9/h4-7,11-12,17H,3H2,1-2H3,(H,15,16). The molecule has 0 radical (unpaired) electrons. The molecule has 2 N–H and O–H groups in total. The molecule has 0 saturated heterocycles. The molecular weight excluding hydrogens is 253 g/mol. The summed E-state index contributed by atoms with van der Waals surface area (Å²) in [7, 11) is 0. The highest BCUT2D eigenvalue weighted by Gasteiger charge is 2.29. The van der Waals surface area contributed by atoms with Gasteiger partial charge in [0.15, 0.2) is 6.04 Å². The zero-order valence-electron chi connectivity index (χ0n) is 10.7. The summed E-state index contributed by atoms with van der Waals surface area (Å²) in [6, 6.07) is 2.83. The molecule has 2 unspecified atom stereocenters. The van der Waals surface area contributed by atoms with Crippen molar-refractivity contribution in [1.29, 1.82) is 0 Å². The van der Waals surface area contributed by atoms with E-state index < -0.39 is 23.9 Å². The lowest BCUT2D eigenvalue weighted by molar-refractivity contribution is -0.149. The van der Waals surface area contributed by atoms with Crippen LogP contribution in [0.15, 0.2) is 18.2 Å². The number of hydrogen-bond acceptors (Lipinski definition) is 4. The lowest BCUT2D eigenvalue weighted by Crippen LogP contribution is -2.42.